The van der Waals surface area contributed by atoms with Crippen molar-refractivity contribution in [1.29, 1.82) is 5.26 Å². The third kappa shape index (κ3) is 3.96. The molecule has 1 saturated carbocycles. The number of hydrogen-bond acceptors (Lipinski definition) is 4. The summed E-state index contributed by atoms with van der Waals surface area (Å²) in [7, 11) is 1.65. The number of benzene rings is 1. The number of nitrogens with zero attached hydrogens (tertiary/aromatic N) is 2. The molecule has 0 heterocycles. The number of methoxy groups -OCH3 is 1. The van der Waals surface area contributed by atoms with E-state index in [1.807, 2.05) is 12.1 Å². The van der Waals surface area contributed by atoms with Crippen molar-refractivity contribution >= 4 is 0 Å². The second-order valence-corrected chi connectivity index (χ2v) is 5.27. The van der Waals surface area contributed by atoms with E-state index in [0.717, 1.165) is 37.2 Å². The number of aliphatic hydroxyl groups is 1. The van der Waals surface area contributed by atoms with Crippen LogP contribution in [0.5, 0.6) is 5.75 Å². The van der Waals surface area contributed by atoms with Crippen molar-refractivity contribution in [3.05, 3.63) is 29.3 Å². The molecule has 0 saturated heterocycles. The van der Waals surface area contributed by atoms with E-state index >= 15 is 0 Å². The summed E-state index contributed by atoms with van der Waals surface area (Å²) in [4.78, 5) is 2.46. The topological polar surface area (TPSA) is 56.5 Å². The van der Waals surface area contributed by atoms with Crippen LogP contribution in [0.25, 0.3) is 0 Å². The molecule has 1 aromatic rings. The monoisotopic (exact) mass is 274 g/mol. The Bertz CT molecular complexity index is 478. The van der Waals surface area contributed by atoms with Crippen LogP contribution in [0, 0.1) is 11.3 Å². The molecule has 0 unspecified atom stereocenters. The van der Waals surface area contributed by atoms with Crippen molar-refractivity contribution in [3.8, 4) is 11.8 Å². The zero-order valence-corrected chi connectivity index (χ0v) is 12.0. The Labute approximate surface area is 120 Å². The van der Waals surface area contributed by atoms with E-state index in [4.69, 9.17) is 15.1 Å². The Kier molecular flexibility index (Phi) is 5.40. The van der Waals surface area contributed by atoms with Crippen LogP contribution in [0.3, 0.4) is 0 Å². The molecule has 1 aromatic carbocycles. The molecule has 1 aliphatic rings. The highest BCUT2D eigenvalue weighted by Crippen LogP contribution is 2.30. The van der Waals surface area contributed by atoms with E-state index in [9.17, 15) is 0 Å². The van der Waals surface area contributed by atoms with Crippen LogP contribution < -0.4 is 4.74 Å². The van der Waals surface area contributed by atoms with Gasteiger partial charge in [-0.3, -0.25) is 4.90 Å². The fourth-order valence-electron chi connectivity index (χ4n) is 2.42. The molecule has 0 aromatic heterocycles. The lowest BCUT2D eigenvalue weighted by atomic mass is 10.1. The van der Waals surface area contributed by atoms with Crippen molar-refractivity contribution in [2.45, 2.75) is 38.3 Å². The molecule has 0 amide bonds. The summed E-state index contributed by atoms with van der Waals surface area (Å²) < 4.78 is 5.40. The van der Waals surface area contributed by atoms with Gasteiger partial charge in [-0.15, -0.1) is 0 Å². The van der Waals surface area contributed by atoms with Gasteiger partial charge in [0.05, 0.1) is 18.7 Å². The van der Waals surface area contributed by atoms with Crippen LogP contribution in [0.15, 0.2) is 18.2 Å². The molecule has 4 nitrogen and oxygen atoms in total. The molecule has 1 fully saturated rings. The van der Waals surface area contributed by atoms with Crippen molar-refractivity contribution in [1.82, 2.24) is 4.90 Å². The molecule has 108 valence electrons. The maximum atomic E-state index is 8.93. The highest BCUT2D eigenvalue weighted by Gasteiger charge is 2.29. The SMILES string of the molecule is COc1cc(C#N)ccc1CN(CCCCO)C1CC1. The molecule has 0 spiro atoms. The van der Waals surface area contributed by atoms with Crippen LogP contribution >= 0.6 is 0 Å². The molecule has 0 radical (unpaired) electrons. The van der Waals surface area contributed by atoms with Gasteiger partial charge in [0, 0.05) is 24.8 Å². The number of unbranched alkanes of at least 4 members (excludes halogenated alkanes) is 1. The van der Waals surface area contributed by atoms with Gasteiger partial charge in [0.2, 0.25) is 0 Å². The molecule has 20 heavy (non-hydrogen) atoms. The first-order chi connectivity index (χ1) is 9.78. The number of hydrogen-bond donors (Lipinski definition) is 1. The zero-order valence-electron chi connectivity index (χ0n) is 12.0. The second-order valence-electron chi connectivity index (χ2n) is 5.27. The van der Waals surface area contributed by atoms with Crippen molar-refractivity contribution in [2.75, 3.05) is 20.3 Å². The summed E-state index contributed by atoms with van der Waals surface area (Å²) in [6.45, 7) is 2.12. The lowest BCUT2D eigenvalue weighted by molar-refractivity contribution is 0.226. The predicted octanol–water partition coefficient (Wildman–Crippen LogP) is 2.30. The van der Waals surface area contributed by atoms with Crippen molar-refractivity contribution < 1.29 is 9.84 Å². The van der Waals surface area contributed by atoms with Crippen LogP contribution in [0.2, 0.25) is 0 Å². The fourth-order valence-corrected chi connectivity index (χ4v) is 2.42. The maximum absolute atomic E-state index is 8.93. The third-order valence-electron chi connectivity index (χ3n) is 3.71. The lowest BCUT2D eigenvalue weighted by Crippen LogP contribution is -2.27. The Morgan fingerprint density at radius 2 is 2.20 bits per heavy atom. The molecular formula is C16H22N2O2. The van der Waals surface area contributed by atoms with E-state index in [-0.39, 0.29) is 6.61 Å². The highest BCUT2D eigenvalue weighted by atomic mass is 16.5. The van der Waals surface area contributed by atoms with Gasteiger partial charge in [0.25, 0.3) is 0 Å². The number of ether oxygens (including phenoxy) is 1. The second kappa shape index (κ2) is 7.28. The van der Waals surface area contributed by atoms with Gasteiger partial charge in [-0.05, 0) is 44.4 Å². The van der Waals surface area contributed by atoms with Gasteiger partial charge in [-0.25, -0.2) is 0 Å². The summed E-state index contributed by atoms with van der Waals surface area (Å²) >= 11 is 0. The first-order valence-corrected chi connectivity index (χ1v) is 7.20. The fraction of sp³-hybridized carbons (Fsp3) is 0.562. The summed E-state index contributed by atoms with van der Waals surface area (Å²) in [5, 5.41) is 17.8. The van der Waals surface area contributed by atoms with E-state index in [1.165, 1.54) is 12.8 Å². The average molecular weight is 274 g/mol. The smallest absolute Gasteiger partial charge is 0.124 e. The van der Waals surface area contributed by atoms with E-state index < -0.39 is 0 Å². The first-order valence-electron chi connectivity index (χ1n) is 7.20. The van der Waals surface area contributed by atoms with Gasteiger partial charge in [-0.2, -0.15) is 5.26 Å². The lowest BCUT2D eigenvalue weighted by Gasteiger charge is -2.23. The molecule has 4 heteroatoms. The van der Waals surface area contributed by atoms with Crippen LogP contribution in [-0.2, 0) is 6.54 Å². The predicted molar refractivity (Wildman–Crippen MR) is 77.5 cm³/mol. The quantitative estimate of drug-likeness (QED) is 0.739. The minimum Gasteiger partial charge on any atom is -0.496 e. The average Bonchev–Trinajstić information content (AvgIpc) is 3.31. The highest BCUT2D eigenvalue weighted by molar-refractivity contribution is 5.42. The van der Waals surface area contributed by atoms with Crippen molar-refractivity contribution in [2.24, 2.45) is 0 Å². The molecular weight excluding hydrogens is 252 g/mol. The summed E-state index contributed by atoms with van der Waals surface area (Å²) in [5.74, 6) is 0.789. The van der Waals surface area contributed by atoms with Gasteiger partial charge in [0.15, 0.2) is 0 Å². The van der Waals surface area contributed by atoms with E-state index in [0.29, 0.717) is 11.6 Å². The number of aliphatic hydroxyl groups excluding tert-OH is 1. The summed E-state index contributed by atoms with van der Waals surface area (Å²) in [6.07, 6.45) is 4.40. The standard InChI is InChI=1S/C16H22N2O2/c1-20-16-10-13(11-17)4-5-14(16)12-18(15-6-7-15)8-2-3-9-19/h4-5,10,15,19H,2-3,6-9,12H2,1H3. The maximum Gasteiger partial charge on any atom is 0.124 e. The van der Waals surface area contributed by atoms with Crippen LogP contribution in [-0.4, -0.2) is 36.3 Å². The molecule has 0 aliphatic heterocycles. The molecule has 0 bridgehead atoms. The van der Waals surface area contributed by atoms with Gasteiger partial charge < -0.3 is 9.84 Å². The zero-order chi connectivity index (χ0) is 14.4. The Hall–Kier alpha value is -1.57. The first kappa shape index (κ1) is 14.8. The van der Waals surface area contributed by atoms with E-state index in [2.05, 4.69) is 11.0 Å². The summed E-state index contributed by atoms with van der Waals surface area (Å²) in [5.41, 5.74) is 1.76. The number of rotatable bonds is 8. The van der Waals surface area contributed by atoms with Crippen LogP contribution in [0.1, 0.15) is 36.8 Å². The van der Waals surface area contributed by atoms with E-state index in [1.54, 1.807) is 13.2 Å². The Morgan fingerprint density at radius 3 is 2.80 bits per heavy atom. The molecule has 1 N–H and O–H groups in total. The van der Waals surface area contributed by atoms with Gasteiger partial charge >= 0.3 is 0 Å². The third-order valence-corrected chi connectivity index (χ3v) is 3.71. The van der Waals surface area contributed by atoms with Crippen LogP contribution in [0.4, 0.5) is 0 Å². The van der Waals surface area contributed by atoms with Gasteiger partial charge in [0.1, 0.15) is 5.75 Å². The normalized spacial score (nSPS) is 14.3. The van der Waals surface area contributed by atoms with Gasteiger partial charge in [-0.1, -0.05) is 6.07 Å². The largest absolute Gasteiger partial charge is 0.496 e. The molecule has 0 atom stereocenters. The van der Waals surface area contributed by atoms with Crippen molar-refractivity contribution in [3.63, 3.8) is 0 Å². The Balaban J connectivity index is 2.04. The molecule has 2 rings (SSSR count). The molecule has 1 aliphatic carbocycles. The Morgan fingerprint density at radius 1 is 1.40 bits per heavy atom. The summed E-state index contributed by atoms with van der Waals surface area (Å²) in [6, 6.07) is 8.44. The minimum absolute atomic E-state index is 0.263. The number of nitriles is 1. The minimum atomic E-state index is 0.263.